The first-order chi connectivity index (χ1) is 13.8. The summed E-state index contributed by atoms with van der Waals surface area (Å²) >= 11 is 0. The van der Waals surface area contributed by atoms with E-state index in [4.69, 9.17) is 4.74 Å². The lowest BCUT2D eigenvalue weighted by molar-refractivity contribution is -0.117. The molecule has 1 heterocycles. The Kier molecular flexibility index (Phi) is 6.11. The molecule has 2 N–H and O–H groups in total. The number of hydrogen-bond donors (Lipinski definition) is 2. The number of benzene rings is 2. The molecule has 154 valence electrons. The summed E-state index contributed by atoms with van der Waals surface area (Å²) in [5.41, 5.74) is 2.89. The zero-order valence-electron chi connectivity index (χ0n) is 17.5. The van der Waals surface area contributed by atoms with Gasteiger partial charge >= 0.3 is 6.03 Å². The van der Waals surface area contributed by atoms with Gasteiger partial charge in [0, 0.05) is 36.8 Å². The van der Waals surface area contributed by atoms with Gasteiger partial charge in [-0.15, -0.1) is 0 Å². The van der Waals surface area contributed by atoms with Gasteiger partial charge in [-0.3, -0.25) is 4.79 Å². The monoisotopic (exact) mass is 395 g/mol. The predicted octanol–water partition coefficient (Wildman–Crippen LogP) is 4.17. The zero-order chi connectivity index (χ0) is 21.0. The first kappa shape index (κ1) is 20.7. The van der Waals surface area contributed by atoms with E-state index in [0.717, 1.165) is 17.1 Å². The number of nitrogens with one attached hydrogen (secondary N) is 2. The number of urea groups is 1. The molecule has 6 heteroatoms. The Hall–Kier alpha value is -3.02. The minimum atomic E-state index is -0.260. The van der Waals surface area contributed by atoms with Crippen molar-refractivity contribution in [3.63, 3.8) is 0 Å². The van der Waals surface area contributed by atoms with E-state index in [1.165, 1.54) is 5.56 Å². The van der Waals surface area contributed by atoms with Crippen LogP contribution < -0.4 is 20.3 Å². The number of carbonyl (C=O) groups excluding carboxylic acids is 2. The van der Waals surface area contributed by atoms with E-state index in [2.05, 4.69) is 31.4 Å². The maximum atomic E-state index is 12.4. The molecule has 0 saturated carbocycles. The second-order valence-corrected chi connectivity index (χ2v) is 8.43. The van der Waals surface area contributed by atoms with Crippen molar-refractivity contribution in [3.8, 4) is 5.75 Å². The summed E-state index contributed by atoms with van der Waals surface area (Å²) in [6, 6.07) is 15.0. The molecule has 1 aliphatic heterocycles. The number of methoxy groups -OCH3 is 1. The second kappa shape index (κ2) is 8.55. The van der Waals surface area contributed by atoms with Gasteiger partial charge in [0.1, 0.15) is 5.75 Å². The number of rotatable bonds is 5. The second-order valence-electron chi connectivity index (χ2n) is 8.43. The van der Waals surface area contributed by atoms with E-state index >= 15 is 0 Å². The van der Waals surface area contributed by atoms with Crippen LogP contribution in [0.3, 0.4) is 0 Å². The minimum Gasteiger partial charge on any atom is -0.497 e. The van der Waals surface area contributed by atoms with Gasteiger partial charge in [0.05, 0.1) is 7.11 Å². The van der Waals surface area contributed by atoms with Gasteiger partial charge < -0.3 is 20.3 Å². The largest absolute Gasteiger partial charge is 0.497 e. The van der Waals surface area contributed by atoms with Crippen LogP contribution in [0.4, 0.5) is 16.2 Å². The molecule has 6 nitrogen and oxygen atoms in total. The molecule has 1 fully saturated rings. The van der Waals surface area contributed by atoms with Crippen LogP contribution in [0.1, 0.15) is 32.8 Å². The molecule has 0 aliphatic carbocycles. The predicted molar refractivity (Wildman–Crippen MR) is 116 cm³/mol. The SMILES string of the molecule is COc1ccc(N2C[C@H](CNC(=O)Nc3ccc(C(C)(C)C)cc3)CC2=O)cc1. The Morgan fingerprint density at radius 1 is 1.10 bits per heavy atom. The number of nitrogens with zero attached hydrogens (tertiary/aromatic N) is 1. The topological polar surface area (TPSA) is 70.7 Å². The highest BCUT2D eigenvalue weighted by molar-refractivity contribution is 5.96. The van der Waals surface area contributed by atoms with Gasteiger partial charge in [0.15, 0.2) is 0 Å². The van der Waals surface area contributed by atoms with Crippen LogP contribution in [-0.2, 0) is 10.2 Å². The molecule has 0 bridgehead atoms. The van der Waals surface area contributed by atoms with Gasteiger partial charge in [-0.2, -0.15) is 0 Å². The fraction of sp³-hybridized carbons (Fsp3) is 0.391. The molecular weight excluding hydrogens is 366 g/mol. The Bertz CT molecular complexity index is 854. The number of carbonyl (C=O) groups is 2. The molecule has 29 heavy (non-hydrogen) atoms. The molecule has 2 aromatic carbocycles. The van der Waals surface area contributed by atoms with Crippen molar-refractivity contribution in [2.24, 2.45) is 5.92 Å². The molecule has 2 aromatic rings. The number of hydrogen-bond acceptors (Lipinski definition) is 3. The van der Waals surface area contributed by atoms with Crippen LogP contribution in [0, 0.1) is 5.92 Å². The highest BCUT2D eigenvalue weighted by Crippen LogP contribution is 2.27. The average Bonchev–Trinajstić information content (AvgIpc) is 3.07. The van der Waals surface area contributed by atoms with Gasteiger partial charge in [-0.05, 0) is 47.4 Å². The van der Waals surface area contributed by atoms with Crippen LogP contribution in [0.2, 0.25) is 0 Å². The third-order valence-electron chi connectivity index (χ3n) is 5.15. The quantitative estimate of drug-likeness (QED) is 0.798. The van der Waals surface area contributed by atoms with Gasteiger partial charge in [-0.1, -0.05) is 32.9 Å². The van der Waals surface area contributed by atoms with E-state index < -0.39 is 0 Å². The molecule has 0 unspecified atom stereocenters. The van der Waals surface area contributed by atoms with Crippen LogP contribution in [0.5, 0.6) is 5.75 Å². The van der Waals surface area contributed by atoms with Crippen LogP contribution >= 0.6 is 0 Å². The molecule has 1 aliphatic rings. The zero-order valence-corrected chi connectivity index (χ0v) is 17.5. The molecule has 0 radical (unpaired) electrons. The van der Waals surface area contributed by atoms with Gasteiger partial charge in [0.2, 0.25) is 5.91 Å². The van der Waals surface area contributed by atoms with Gasteiger partial charge in [-0.25, -0.2) is 4.79 Å². The number of ether oxygens (including phenoxy) is 1. The van der Waals surface area contributed by atoms with Gasteiger partial charge in [0.25, 0.3) is 0 Å². The number of anilines is 2. The first-order valence-electron chi connectivity index (χ1n) is 9.86. The number of amides is 3. The van der Waals surface area contributed by atoms with Crippen molar-refractivity contribution in [2.75, 3.05) is 30.4 Å². The smallest absolute Gasteiger partial charge is 0.319 e. The maximum Gasteiger partial charge on any atom is 0.319 e. The average molecular weight is 396 g/mol. The molecule has 1 saturated heterocycles. The normalized spacial score (nSPS) is 16.6. The van der Waals surface area contributed by atoms with E-state index in [1.54, 1.807) is 12.0 Å². The van der Waals surface area contributed by atoms with Crippen LogP contribution in [0.25, 0.3) is 0 Å². The molecule has 3 amide bonds. The Labute approximate surface area is 172 Å². The van der Waals surface area contributed by atoms with Crippen molar-refractivity contribution in [3.05, 3.63) is 54.1 Å². The lowest BCUT2D eigenvalue weighted by atomic mass is 9.87. The van der Waals surface area contributed by atoms with E-state index in [0.29, 0.717) is 19.5 Å². The summed E-state index contributed by atoms with van der Waals surface area (Å²) < 4.78 is 5.16. The Balaban J connectivity index is 1.49. The summed E-state index contributed by atoms with van der Waals surface area (Å²) in [6.45, 7) is 7.50. The van der Waals surface area contributed by atoms with Crippen LogP contribution in [-0.4, -0.2) is 32.1 Å². The van der Waals surface area contributed by atoms with Crippen molar-refractivity contribution >= 4 is 23.3 Å². The lowest BCUT2D eigenvalue weighted by Gasteiger charge is -2.19. The Morgan fingerprint density at radius 2 is 1.76 bits per heavy atom. The first-order valence-corrected chi connectivity index (χ1v) is 9.86. The lowest BCUT2D eigenvalue weighted by Crippen LogP contribution is -2.34. The molecule has 1 atom stereocenters. The molecule has 0 aromatic heterocycles. The summed E-state index contributed by atoms with van der Waals surface area (Å²) in [5.74, 6) is 0.907. The van der Waals surface area contributed by atoms with Crippen molar-refractivity contribution < 1.29 is 14.3 Å². The standard InChI is InChI=1S/C23H29N3O3/c1-23(2,3)17-5-7-18(8-6-17)25-22(28)24-14-16-13-21(27)26(15-16)19-9-11-20(29-4)12-10-19/h5-12,16H,13-15H2,1-4H3,(H2,24,25,28)/t16-/m0/s1. The van der Waals surface area contributed by atoms with E-state index in [9.17, 15) is 9.59 Å². The summed E-state index contributed by atoms with van der Waals surface area (Å²) in [5, 5.41) is 5.73. The summed E-state index contributed by atoms with van der Waals surface area (Å²) in [4.78, 5) is 26.3. The van der Waals surface area contributed by atoms with Crippen molar-refractivity contribution in [2.45, 2.75) is 32.6 Å². The minimum absolute atomic E-state index is 0.0696. The highest BCUT2D eigenvalue weighted by atomic mass is 16.5. The molecule has 3 rings (SSSR count). The van der Waals surface area contributed by atoms with Crippen molar-refractivity contribution in [1.29, 1.82) is 0 Å². The Morgan fingerprint density at radius 3 is 2.34 bits per heavy atom. The maximum absolute atomic E-state index is 12.4. The fourth-order valence-electron chi connectivity index (χ4n) is 3.40. The third kappa shape index (κ3) is 5.28. The fourth-order valence-corrected chi connectivity index (χ4v) is 3.40. The van der Waals surface area contributed by atoms with E-state index in [-0.39, 0.29) is 23.3 Å². The van der Waals surface area contributed by atoms with Crippen LogP contribution in [0.15, 0.2) is 48.5 Å². The highest BCUT2D eigenvalue weighted by Gasteiger charge is 2.30. The molecular formula is C23H29N3O3. The summed E-state index contributed by atoms with van der Waals surface area (Å²) in [6.07, 6.45) is 0.423. The summed E-state index contributed by atoms with van der Waals surface area (Å²) in [7, 11) is 1.61. The third-order valence-corrected chi connectivity index (χ3v) is 5.15. The molecule has 0 spiro atoms. The van der Waals surface area contributed by atoms with Crippen molar-refractivity contribution in [1.82, 2.24) is 5.32 Å². The van der Waals surface area contributed by atoms with E-state index in [1.807, 2.05) is 48.5 Å².